The van der Waals surface area contributed by atoms with Gasteiger partial charge in [-0.1, -0.05) is 12.1 Å². The Labute approximate surface area is 133 Å². The largest absolute Gasteiger partial charge is 0.333 e. The summed E-state index contributed by atoms with van der Waals surface area (Å²) in [6.45, 7) is 2.48. The lowest BCUT2D eigenvalue weighted by molar-refractivity contribution is -0.120. The van der Waals surface area contributed by atoms with E-state index in [0.29, 0.717) is 13.0 Å². The van der Waals surface area contributed by atoms with Gasteiger partial charge in [0.25, 0.3) is 0 Å². The smallest absolute Gasteiger partial charge is 0.233 e. The lowest BCUT2D eigenvalue weighted by Crippen LogP contribution is -2.25. The molecule has 4 nitrogen and oxygen atoms in total. The molecule has 2 aromatic rings. The van der Waals surface area contributed by atoms with Crippen molar-refractivity contribution in [1.82, 2.24) is 9.55 Å². The Balaban J connectivity index is 1.71. The number of hydrogen-bond acceptors (Lipinski definition) is 2. The normalized spacial score (nSPS) is 22.8. The maximum atomic E-state index is 12.2. The van der Waals surface area contributed by atoms with E-state index in [2.05, 4.69) is 10.3 Å². The zero-order valence-electron chi connectivity index (χ0n) is 11.5. The van der Waals surface area contributed by atoms with Gasteiger partial charge in [-0.05, 0) is 31.0 Å². The number of rotatable bonds is 4. The number of benzene rings is 1. The second kappa shape index (κ2) is 5.04. The summed E-state index contributed by atoms with van der Waals surface area (Å²) in [6, 6.07) is 7.70. The van der Waals surface area contributed by atoms with Crippen molar-refractivity contribution in [2.75, 3.05) is 5.32 Å². The van der Waals surface area contributed by atoms with Crippen LogP contribution in [0, 0.1) is 5.41 Å². The van der Waals surface area contributed by atoms with Crippen LogP contribution in [0.2, 0.25) is 0 Å². The van der Waals surface area contributed by atoms with Gasteiger partial charge in [-0.15, -0.1) is 23.2 Å². The minimum Gasteiger partial charge on any atom is -0.333 e. The SMILES string of the molecule is CC1(C(=O)Nc2cccc(Cn3ccnc3)c2)CC1(Cl)Cl. The van der Waals surface area contributed by atoms with Gasteiger partial charge in [0.15, 0.2) is 0 Å². The van der Waals surface area contributed by atoms with Crippen molar-refractivity contribution in [3.63, 3.8) is 0 Å². The molecule has 110 valence electrons. The average Bonchev–Trinajstić information content (AvgIpc) is 2.79. The van der Waals surface area contributed by atoms with Gasteiger partial charge in [0.2, 0.25) is 5.91 Å². The van der Waals surface area contributed by atoms with Crippen LogP contribution in [0.4, 0.5) is 5.69 Å². The highest BCUT2D eigenvalue weighted by Crippen LogP contribution is 2.64. The third-order valence-electron chi connectivity index (χ3n) is 3.87. The van der Waals surface area contributed by atoms with Crippen LogP contribution < -0.4 is 5.32 Å². The number of aromatic nitrogens is 2. The van der Waals surface area contributed by atoms with Gasteiger partial charge in [0, 0.05) is 24.6 Å². The second-order valence-corrected chi connectivity index (χ2v) is 7.09. The Morgan fingerprint density at radius 3 is 2.86 bits per heavy atom. The molecule has 0 aliphatic heterocycles. The van der Waals surface area contributed by atoms with Crippen LogP contribution in [-0.2, 0) is 11.3 Å². The molecular weight excluding hydrogens is 309 g/mol. The highest BCUT2D eigenvalue weighted by molar-refractivity contribution is 6.53. The number of carbonyl (C=O) groups excluding carboxylic acids is 1. The van der Waals surface area contributed by atoms with E-state index < -0.39 is 9.75 Å². The standard InChI is InChI=1S/C15H15Cl2N3O/c1-14(9-15(14,16)17)13(21)19-12-4-2-3-11(7-12)8-20-6-5-18-10-20/h2-7,10H,8-9H2,1H3,(H,19,21). The van der Waals surface area contributed by atoms with E-state index in [9.17, 15) is 4.79 Å². The number of halogens is 2. The van der Waals surface area contributed by atoms with Gasteiger partial charge in [-0.25, -0.2) is 4.98 Å². The Morgan fingerprint density at radius 1 is 1.48 bits per heavy atom. The molecule has 3 rings (SSSR count). The average molecular weight is 324 g/mol. The molecule has 0 bridgehead atoms. The third-order valence-corrected chi connectivity index (χ3v) is 4.97. The summed E-state index contributed by atoms with van der Waals surface area (Å²) < 4.78 is 1.01. The summed E-state index contributed by atoms with van der Waals surface area (Å²) in [5.74, 6) is -0.146. The fraction of sp³-hybridized carbons (Fsp3) is 0.333. The van der Waals surface area contributed by atoms with Gasteiger partial charge >= 0.3 is 0 Å². The molecule has 1 saturated carbocycles. The molecule has 1 amide bonds. The molecule has 1 heterocycles. The molecule has 1 N–H and O–H groups in total. The topological polar surface area (TPSA) is 46.9 Å². The molecule has 1 aliphatic rings. The van der Waals surface area contributed by atoms with Crippen LogP contribution in [0.3, 0.4) is 0 Å². The van der Waals surface area contributed by atoms with Gasteiger partial charge in [0.1, 0.15) is 4.33 Å². The Bertz CT molecular complexity index is 669. The molecule has 1 atom stereocenters. The van der Waals surface area contributed by atoms with Crippen LogP contribution in [0.25, 0.3) is 0 Å². The third kappa shape index (κ3) is 2.78. The quantitative estimate of drug-likeness (QED) is 0.876. The van der Waals surface area contributed by atoms with Crippen molar-refractivity contribution in [2.24, 2.45) is 5.41 Å². The van der Waals surface area contributed by atoms with E-state index in [0.717, 1.165) is 11.3 Å². The van der Waals surface area contributed by atoms with Crippen LogP contribution in [0.15, 0.2) is 43.0 Å². The second-order valence-electron chi connectivity index (χ2n) is 5.60. The summed E-state index contributed by atoms with van der Waals surface area (Å²) in [6.07, 6.45) is 5.86. The summed E-state index contributed by atoms with van der Waals surface area (Å²) in [4.78, 5) is 16.3. The zero-order chi connectivity index (χ0) is 15.1. The lowest BCUT2D eigenvalue weighted by atomic mass is 10.1. The molecule has 1 aliphatic carbocycles. The van der Waals surface area contributed by atoms with E-state index in [1.165, 1.54) is 0 Å². The van der Waals surface area contributed by atoms with Crippen molar-refractivity contribution in [3.8, 4) is 0 Å². The molecule has 1 fully saturated rings. The number of hydrogen-bond donors (Lipinski definition) is 1. The Morgan fingerprint density at radius 2 is 2.24 bits per heavy atom. The van der Waals surface area contributed by atoms with E-state index in [4.69, 9.17) is 23.2 Å². The number of anilines is 1. The van der Waals surface area contributed by atoms with E-state index >= 15 is 0 Å². The van der Waals surface area contributed by atoms with Gasteiger partial charge in [-0.2, -0.15) is 0 Å². The minimum absolute atomic E-state index is 0.146. The van der Waals surface area contributed by atoms with E-state index in [1.807, 2.05) is 35.0 Å². The monoisotopic (exact) mass is 323 g/mol. The summed E-state index contributed by atoms with van der Waals surface area (Å²) in [5, 5.41) is 2.89. The molecule has 0 radical (unpaired) electrons. The first kappa shape index (κ1) is 14.4. The molecule has 1 unspecified atom stereocenters. The van der Waals surface area contributed by atoms with E-state index in [-0.39, 0.29) is 5.91 Å². The number of amides is 1. The number of carbonyl (C=O) groups is 1. The van der Waals surface area contributed by atoms with Crippen molar-refractivity contribution in [1.29, 1.82) is 0 Å². The van der Waals surface area contributed by atoms with Crippen LogP contribution in [0.5, 0.6) is 0 Å². The van der Waals surface area contributed by atoms with Gasteiger partial charge < -0.3 is 9.88 Å². The van der Waals surface area contributed by atoms with Crippen LogP contribution in [0.1, 0.15) is 18.9 Å². The van der Waals surface area contributed by atoms with Crippen molar-refractivity contribution < 1.29 is 4.79 Å². The van der Waals surface area contributed by atoms with Crippen molar-refractivity contribution in [2.45, 2.75) is 24.2 Å². The molecule has 0 saturated heterocycles. The summed E-state index contributed by atoms with van der Waals surface area (Å²) in [7, 11) is 0. The Hall–Kier alpha value is -1.52. The number of alkyl halides is 2. The highest BCUT2D eigenvalue weighted by Gasteiger charge is 2.67. The Kier molecular flexibility index (Phi) is 3.46. The van der Waals surface area contributed by atoms with Crippen molar-refractivity contribution >= 4 is 34.8 Å². The highest BCUT2D eigenvalue weighted by atomic mass is 35.5. The van der Waals surface area contributed by atoms with Gasteiger partial charge in [-0.3, -0.25) is 4.79 Å². The maximum Gasteiger partial charge on any atom is 0.233 e. The molecule has 6 heteroatoms. The van der Waals surface area contributed by atoms with Crippen LogP contribution in [-0.4, -0.2) is 19.8 Å². The number of nitrogens with one attached hydrogen (secondary N) is 1. The number of imidazole rings is 1. The molecule has 1 aromatic heterocycles. The zero-order valence-corrected chi connectivity index (χ0v) is 13.0. The first-order valence-electron chi connectivity index (χ1n) is 6.65. The summed E-state index contributed by atoms with van der Waals surface area (Å²) in [5.41, 5.74) is 1.11. The molecule has 0 spiro atoms. The predicted octanol–water partition coefficient (Wildman–Crippen LogP) is 3.45. The predicted molar refractivity (Wildman–Crippen MR) is 83.6 cm³/mol. The fourth-order valence-electron chi connectivity index (χ4n) is 2.25. The summed E-state index contributed by atoms with van der Waals surface area (Å²) >= 11 is 12.1. The fourth-order valence-corrected chi connectivity index (χ4v) is 2.96. The minimum atomic E-state index is -0.953. The van der Waals surface area contributed by atoms with E-state index in [1.54, 1.807) is 19.4 Å². The van der Waals surface area contributed by atoms with Crippen molar-refractivity contribution in [3.05, 3.63) is 48.5 Å². The number of nitrogens with zero attached hydrogens (tertiary/aromatic N) is 2. The molecule has 21 heavy (non-hydrogen) atoms. The lowest BCUT2D eigenvalue weighted by Gasteiger charge is -2.13. The molecule has 1 aromatic carbocycles. The van der Waals surface area contributed by atoms with Crippen LogP contribution >= 0.6 is 23.2 Å². The first-order chi connectivity index (χ1) is 9.91. The molecular formula is C15H15Cl2N3O. The maximum absolute atomic E-state index is 12.2. The van der Waals surface area contributed by atoms with Gasteiger partial charge in [0.05, 0.1) is 11.7 Å². The first-order valence-corrected chi connectivity index (χ1v) is 7.40.